The Balaban J connectivity index is 2.34. The number of hydrogen-bond acceptors (Lipinski definition) is 0. The summed E-state index contributed by atoms with van der Waals surface area (Å²) in [5, 5.41) is 1.52. The minimum Gasteiger partial charge on any atom is -0.0757 e. The van der Waals surface area contributed by atoms with E-state index in [0.29, 0.717) is 5.92 Å². The molecule has 0 saturated carbocycles. The molecule has 1 aromatic rings. The van der Waals surface area contributed by atoms with Crippen LogP contribution in [0.3, 0.4) is 0 Å². The van der Waals surface area contributed by atoms with Gasteiger partial charge in [0.1, 0.15) is 0 Å². The van der Waals surface area contributed by atoms with E-state index in [9.17, 15) is 0 Å². The summed E-state index contributed by atoms with van der Waals surface area (Å²) in [4.78, 5) is 0. The third-order valence-corrected chi connectivity index (χ3v) is 7.22. The van der Waals surface area contributed by atoms with Gasteiger partial charge in [0.25, 0.3) is 0 Å². The molecular formula is C16H21Si. The Hall–Kier alpha value is -1.08. The largest absolute Gasteiger partial charge is 0.0962 e. The van der Waals surface area contributed by atoms with E-state index in [4.69, 9.17) is 0 Å². The molecule has 0 fully saturated rings. The lowest BCUT2D eigenvalue weighted by Crippen LogP contribution is -2.47. The standard InChI is InChI=1S/C16H21Si/c1-13(2)15-11-8-12-16(15)17(3,4)14-9-6-5-7-10-14/h5-13H,1-4H3. The Bertz CT molecular complexity index is 438. The second kappa shape index (κ2) is 4.65. The van der Waals surface area contributed by atoms with Gasteiger partial charge in [-0.25, -0.2) is 0 Å². The van der Waals surface area contributed by atoms with Crippen LogP contribution < -0.4 is 5.19 Å². The van der Waals surface area contributed by atoms with Gasteiger partial charge in [-0.1, -0.05) is 86.3 Å². The number of benzene rings is 1. The van der Waals surface area contributed by atoms with Gasteiger partial charge in [-0.05, 0) is 5.92 Å². The highest BCUT2D eigenvalue weighted by Gasteiger charge is 2.36. The van der Waals surface area contributed by atoms with Crippen molar-refractivity contribution in [2.45, 2.75) is 26.9 Å². The summed E-state index contributed by atoms with van der Waals surface area (Å²) in [7, 11) is -1.51. The molecule has 0 atom stereocenters. The molecule has 0 aromatic heterocycles. The fourth-order valence-electron chi connectivity index (χ4n) is 2.52. The molecule has 1 aromatic carbocycles. The van der Waals surface area contributed by atoms with Crippen molar-refractivity contribution in [1.82, 2.24) is 0 Å². The van der Waals surface area contributed by atoms with Crippen LogP contribution in [0, 0.1) is 11.5 Å². The van der Waals surface area contributed by atoms with E-state index < -0.39 is 8.07 Å². The summed E-state index contributed by atoms with van der Waals surface area (Å²) in [5.74, 6) is 0.621. The van der Waals surface area contributed by atoms with E-state index in [1.54, 1.807) is 5.54 Å². The molecule has 0 heterocycles. The number of allylic oxidation sites excluding steroid dienone is 4. The van der Waals surface area contributed by atoms with Crippen LogP contribution in [-0.2, 0) is 0 Å². The minimum atomic E-state index is -1.51. The Morgan fingerprint density at radius 1 is 1.00 bits per heavy atom. The molecule has 17 heavy (non-hydrogen) atoms. The summed E-state index contributed by atoms with van der Waals surface area (Å²) >= 11 is 0. The molecule has 2 rings (SSSR count). The van der Waals surface area contributed by atoms with Crippen LogP contribution in [0.25, 0.3) is 0 Å². The van der Waals surface area contributed by atoms with Gasteiger partial charge >= 0.3 is 0 Å². The zero-order chi connectivity index (χ0) is 12.5. The SMILES string of the molecule is CC(C)C1=CC=C[C]1[Si](C)(C)c1ccccc1. The molecule has 0 aliphatic heterocycles. The second-order valence-electron chi connectivity index (χ2n) is 5.54. The third kappa shape index (κ3) is 2.30. The van der Waals surface area contributed by atoms with Crippen LogP contribution in [0.4, 0.5) is 0 Å². The number of hydrogen-bond donors (Lipinski definition) is 0. The molecule has 0 unspecified atom stereocenters. The highest BCUT2D eigenvalue weighted by Crippen LogP contribution is 2.35. The molecule has 1 radical (unpaired) electrons. The van der Waals surface area contributed by atoms with Crippen LogP contribution in [0.5, 0.6) is 0 Å². The van der Waals surface area contributed by atoms with Crippen molar-refractivity contribution in [3.8, 4) is 0 Å². The lowest BCUT2D eigenvalue weighted by molar-refractivity contribution is 0.776. The Kier molecular flexibility index (Phi) is 3.39. The van der Waals surface area contributed by atoms with E-state index in [0.717, 1.165) is 0 Å². The smallest absolute Gasteiger partial charge is 0.0757 e. The normalized spacial score (nSPS) is 16.6. The van der Waals surface area contributed by atoms with Crippen LogP contribution >= 0.6 is 0 Å². The summed E-state index contributed by atoms with van der Waals surface area (Å²) in [6.45, 7) is 9.47. The maximum absolute atomic E-state index is 2.45. The maximum Gasteiger partial charge on any atom is 0.0962 e. The molecule has 0 saturated heterocycles. The second-order valence-corrected chi connectivity index (χ2v) is 9.91. The molecule has 0 amide bonds. The monoisotopic (exact) mass is 241 g/mol. The van der Waals surface area contributed by atoms with E-state index >= 15 is 0 Å². The van der Waals surface area contributed by atoms with Crippen LogP contribution in [0.1, 0.15) is 13.8 Å². The molecule has 0 bridgehead atoms. The summed E-state index contributed by atoms with van der Waals surface area (Å²) in [5.41, 5.74) is 3.13. The van der Waals surface area contributed by atoms with E-state index in [2.05, 4.69) is 75.5 Å². The topological polar surface area (TPSA) is 0 Å². The fourth-order valence-corrected chi connectivity index (χ4v) is 5.46. The van der Waals surface area contributed by atoms with Crippen LogP contribution in [0.2, 0.25) is 13.1 Å². The lowest BCUT2D eigenvalue weighted by atomic mass is 10.0. The van der Waals surface area contributed by atoms with Crippen molar-refractivity contribution in [2.24, 2.45) is 5.92 Å². The average molecular weight is 241 g/mol. The van der Waals surface area contributed by atoms with Gasteiger partial charge < -0.3 is 0 Å². The minimum absolute atomic E-state index is 0.621. The predicted octanol–water partition coefficient (Wildman–Crippen LogP) is 3.87. The highest BCUT2D eigenvalue weighted by molar-refractivity contribution is 6.95. The Labute approximate surface area is 106 Å². The molecular weight excluding hydrogens is 220 g/mol. The first-order chi connectivity index (χ1) is 8.03. The maximum atomic E-state index is 2.45. The van der Waals surface area contributed by atoms with Crippen LogP contribution in [-0.4, -0.2) is 8.07 Å². The van der Waals surface area contributed by atoms with Crippen LogP contribution in [0.15, 0.2) is 54.1 Å². The first-order valence-electron chi connectivity index (χ1n) is 6.35. The quantitative estimate of drug-likeness (QED) is 0.705. The van der Waals surface area contributed by atoms with E-state index in [1.165, 1.54) is 10.8 Å². The van der Waals surface area contributed by atoms with Gasteiger partial charge in [0.2, 0.25) is 0 Å². The van der Waals surface area contributed by atoms with E-state index in [1.807, 2.05) is 0 Å². The van der Waals surface area contributed by atoms with Gasteiger partial charge in [0, 0.05) is 5.54 Å². The first kappa shape index (κ1) is 12.4. The Morgan fingerprint density at radius 3 is 2.24 bits per heavy atom. The molecule has 1 aliphatic rings. The van der Waals surface area contributed by atoms with Gasteiger partial charge in [0.05, 0.1) is 8.07 Å². The van der Waals surface area contributed by atoms with Crippen molar-refractivity contribution < 1.29 is 0 Å². The lowest BCUT2D eigenvalue weighted by Gasteiger charge is -2.32. The molecule has 0 spiro atoms. The molecule has 0 nitrogen and oxygen atoms in total. The van der Waals surface area contributed by atoms with Gasteiger partial charge in [-0.3, -0.25) is 0 Å². The van der Waals surface area contributed by atoms with Gasteiger partial charge in [-0.2, -0.15) is 0 Å². The van der Waals surface area contributed by atoms with Crippen molar-refractivity contribution in [2.75, 3.05) is 0 Å². The third-order valence-electron chi connectivity index (χ3n) is 3.64. The zero-order valence-electron chi connectivity index (χ0n) is 11.2. The average Bonchev–Trinajstić information content (AvgIpc) is 2.80. The highest BCUT2D eigenvalue weighted by atomic mass is 28.3. The van der Waals surface area contributed by atoms with Crippen molar-refractivity contribution >= 4 is 13.3 Å². The van der Waals surface area contributed by atoms with Crippen molar-refractivity contribution in [3.05, 3.63) is 59.7 Å². The molecule has 1 heteroatoms. The Morgan fingerprint density at radius 2 is 1.65 bits per heavy atom. The number of rotatable bonds is 3. The summed E-state index contributed by atoms with van der Waals surface area (Å²) < 4.78 is 0. The van der Waals surface area contributed by atoms with E-state index in [-0.39, 0.29) is 0 Å². The van der Waals surface area contributed by atoms with Gasteiger partial charge in [0.15, 0.2) is 0 Å². The summed E-state index contributed by atoms with van der Waals surface area (Å²) in [6.07, 6.45) is 6.83. The molecule has 89 valence electrons. The predicted molar refractivity (Wildman–Crippen MR) is 78.9 cm³/mol. The zero-order valence-corrected chi connectivity index (χ0v) is 12.2. The van der Waals surface area contributed by atoms with Crippen molar-refractivity contribution in [1.29, 1.82) is 0 Å². The molecule has 1 aliphatic carbocycles. The van der Waals surface area contributed by atoms with Gasteiger partial charge in [-0.15, -0.1) is 0 Å². The van der Waals surface area contributed by atoms with Crippen molar-refractivity contribution in [3.63, 3.8) is 0 Å². The fraction of sp³-hybridized carbons (Fsp3) is 0.312. The molecule has 0 N–H and O–H groups in total. The first-order valence-corrected chi connectivity index (χ1v) is 9.35. The summed E-state index contributed by atoms with van der Waals surface area (Å²) in [6, 6.07) is 11.0.